The van der Waals surface area contributed by atoms with Crippen LogP contribution in [-0.2, 0) is 9.53 Å². The highest BCUT2D eigenvalue weighted by atomic mass is 16.5. The molecule has 2 rings (SSSR count). The van der Waals surface area contributed by atoms with Crippen LogP contribution >= 0.6 is 0 Å². The van der Waals surface area contributed by atoms with Gasteiger partial charge in [-0.25, -0.2) is 4.79 Å². The number of methoxy groups -OCH3 is 1. The lowest BCUT2D eigenvalue weighted by atomic mass is 9.94. The zero-order valence-corrected chi connectivity index (χ0v) is 12.3. The predicted molar refractivity (Wildman–Crippen MR) is 81.0 cm³/mol. The molecule has 1 aromatic carbocycles. The maximum absolute atomic E-state index is 12.5. The first kappa shape index (κ1) is 15.5. The van der Waals surface area contributed by atoms with Gasteiger partial charge in [0.15, 0.2) is 0 Å². The van der Waals surface area contributed by atoms with Gasteiger partial charge in [0.1, 0.15) is 0 Å². The number of esters is 1. The molecule has 114 valence electrons. The van der Waals surface area contributed by atoms with Crippen LogP contribution < -0.4 is 11.1 Å². The van der Waals surface area contributed by atoms with E-state index in [1.807, 2.05) is 0 Å². The summed E-state index contributed by atoms with van der Waals surface area (Å²) < 4.78 is 4.73. The number of hydrogen-bond donors (Lipinski definition) is 2. The number of hydrogen-bond acceptors (Lipinski definition) is 4. The van der Waals surface area contributed by atoms with Crippen LogP contribution in [0.3, 0.4) is 0 Å². The van der Waals surface area contributed by atoms with Gasteiger partial charge in [-0.3, -0.25) is 4.79 Å². The van der Waals surface area contributed by atoms with Crippen molar-refractivity contribution in [1.82, 2.24) is 0 Å². The summed E-state index contributed by atoms with van der Waals surface area (Å²) in [5.41, 5.74) is 6.94. The van der Waals surface area contributed by atoms with Crippen LogP contribution in [0.25, 0.3) is 0 Å². The van der Waals surface area contributed by atoms with Gasteiger partial charge in [-0.2, -0.15) is 0 Å². The fraction of sp³-hybridized carbons (Fsp3) is 0.500. The fourth-order valence-electron chi connectivity index (χ4n) is 2.77. The molecule has 0 spiro atoms. The average Bonchev–Trinajstić information content (AvgIpc) is 2.71. The number of carbonyl (C=O) groups is 2. The van der Waals surface area contributed by atoms with E-state index in [0.717, 1.165) is 32.1 Å². The Morgan fingerprint density at radius 1 is 1.19 bits per heavy atom. The van der Waals surface area contributed by atoms with Gasteiger partial charge in [-0.1, -0.05) is 31.4 Å². The van der Waals surface area contributed by atoms with Gasteiger partial charge in [-0.05, 0) is 25.0 Å². The monoisotopic (exact) mass is 290 g/mol. The fourth-order valence-corrected chi connectivity index (χ4v) is 2.77. The number of nitrogens with two attached hydrogens (primary N) is 1. The molecular weight excluding hydrogens is 268 g/mol. The molecular formula is C16H22N2O3. The van der Waals surface area contributed by atoms with Gasteiger partial charge < -0.3 is 15.8 Å². The van der Waals surface area contributed by atoms with Crippen molar-refractivity contribution in [3.05, 3.63) is 29.8 Å². The lowest BCUT2D eigenvalue weighted by Crippen LogP contribution is -2.38. The molecule has 1 aliphatic carbocycles. The standard InChI is InChI=1S/C16H22N2O3/c1-21-16(20)12-8-5-6-10-14(12)18-15(19)11-7-3-2-4-9-13(11)17/h5-6,8,10-11,13H,2-4,7,9,17H2,1H3,(H,18,19). The number of ether oxygens (including phenoxy) is 1. The first-order valence-corrected chi connectivity index (χ1v) is 7.37. The molecule has 0 aromatic heterocycles. The van der Waals surface area contributed by atoms with Crippen molar-refractivity contribution in [1.29, 1.82) is 0 Å². The molecule has 5 heteroatoms. The maximum Gasteiger partial charge on any atom is 0.339 e. The highest BCUT2D eigenvalue weighted by Crippen LogP contribution is 2.24. The molecule has 1 saturated carbocycles. The highest BCUT2D eigenvalue weighted by molar-refractivity contribution is 6.02. The minimum Gasteiger partial charge on any atom is -0.465 e. The molecule has 0 bridgehead atoms. The van der Waals surface area contributed by atoms with Crippen LogP contribution in [0, 0.1) is 5.92 Å². The van der Waals surface area contributed by atoms with Crippen LogP contribution in [0.1, 0.15) is 42.5 Å². The molecule has 2 unspecified atom stereocenters. The zero-order valence-electron chi connectivity index (χ0n) is 12.3. The Kier molecular flexibility index (Phi) is 5.33. The topological polar surface area (TPSA) is 81.4 Å². The first-order valence-electron chi connectivity index (χ1n) is 7.37. The number of para-hydroxylation sites is 1. The Morgan fingerprint density at radius 2 is 1.90 bits per heavy atom. The molecule has 1 amide bonds. The van der Waals surface area contributed by atoms with Crippen LogP contribution in [-0.4, -0.2) is 25.0 Å². The molecule has 0 saturated heterocycles. The quantitative estimate of drug-likeness (QED) is 0.661. The summed E-state index contributed by atoms with van der Waals surface area (Å²) in [6.45, 7) is 0. The Bertz CT molecular complexity index is 516. The minimum absolute atomic E-state index is 0.110. The van der Waals surface area contributed by atoms with Gasteiger partial charge in [-0.15, -0.1) is 0 Å². The van der Waals surface area contributed by atoms with Crippen molar-refractivity contribution in [3.63, 3.8) is 0 Å². The Labute approximate surface area is 124 Å². The summed E-state index contributed by atoms with van der Waals surface area (Å²) in [5, 5.41) is 2.83. The van der Waals surface area contributed by atoms with Crippen molar-refractivity contribution in [2.75, 3.05) is 12.4 Å². The van der Waals surface area contributed by atoms with Crippen molar-refractivity contribution in [2.45, 2.75) is 38.1 Å². The molecule has 0 aliphatic heterocycles. The van der Waals surface area contributed by atoms with Crippen LogP contribution in [0.4, 0.5) is 5.69 Å². The third-order valence-corrected chi connectivity index (χ3v) is 4.00. The summed E-state index contributed by atoms with van der Waals surface area (Å²) in [7, 11) is 1.32. The Balaban J connectivity index is 2.13. The molecule has 2 atom stereocenters. The third-order valence-electron chi connectivity index (χ3n) is 4.00. The van der Waals surface area contributed by atoms with Crippen molar-refractivity contribution in [3.8, 4) is 0 Å². The summed E-state index contributed by atoms with van der Waals surface area (Å²) in [5.74, 6) is -0.768. The molecule has 0 radical (unpaired) electrons. The van der Waals surface area contributed by atoms with Gasteiger partial charge in [0, 0.05) is 6.04 Å². The van der Waals surface area contributed by atoms with E-state index in [4.69, 9.17) is 10.5 Å². The minimum atomic E-state index is -0.462. The normalized spacial score (nSPS) is 22.2. The molecule has 5 nitrogen and oxygen atoms in total. The number of amides is 1. The number of carbonyl (C=O) groups excluding carboxylic acids is 2. The zero-order chi connectivity index (χ0) is 15.2. The van der Waals surface area contributed by atoms with E-state index >= 15 is 0 Å². The van der Waals surface area contributed by atoms with Crippen LogP contribution in [0.15, 0.2) is 24.3 Å². The second-order valence-corrected chi connectivity index (χ2v) is 5.43. The Hall–Kier alpha value is -1.88. The smallest absolute Gasteiger partial charge is 0.339 e. The van der Waals surface area contributed by atoms with Gasteiger partial charge in [0.25, 0.3) is 0 Å². The first-order chi connectivity index (χ1) is 10.1. The second-order valence-electron chi connectivity index (χ2n) is 5.43. The van der Waals surface area contributed by atoms with Gasteiger partial charge >= 0.3 is 5.97 Å². The van der Waals surface area contributed by atoms with Crippen molar-refractivity contribution >= 4 is 17.6 Å². The summed E-state index contributed by atoms with van der Waals surface area (Å²) in [4.78, 5) is 24.2. The summed E-state index contributed by atoms with van der Waals surface area (Å²) in [6, 6.07) is 6.73. The molecule has 1 aliphatic rings. The molecule has 1 fully saturated rings. The Morgan fingerprint density at radius 3 is 2.67 bits per heavy atom. The van der Waals surface area contributed by atoms with E-state index in [2.05, 4.69) is 5.32 Å². The van der Waals surface area contributed by atoms with E-state index in [9.17, 15) is 9.59 Å². The summed E-state index contributed by atoms with van der Waals surface area (Å²) >= 11 is 0. The number of nitrogens with one attached hydrogen (secondary N) is 1. The third kappa shape index (κ3) is 3.82. The lowest BCUT2D eigenvalue weighted by molar-refractivity contribution is -0.120. The molecule has 21 heavy (non-hydrogen) atoms. The highest BCUT2D eigenvalue weighted by Gasteiger charge is 2.27. The van der Waals surface area contributed by atoms with Crippen molar-refractivity contribution < 1.29 is 14.3 Å². The summed E-state index contributed by atoms with van der Waals surface area (Å²) in [6.07, 6.45) is 4.88. The van der Waals surface area contributed by atoms with Gasteiger partial charge in [0.2, 0.25) is 5.91 Å². The molecule has 3 N–H and O–H groups in total. The second kappa shape index (κ2) is 7.22. The van der Waals surface area contributed by atoms with Crippen LogP contribution in [0.5, 0.6) is 0 Å². The van der Waals surface area contributed by atoms with Crippen LogP contribution in [0.2, 0.25) is 0 Å². The molecule has 1 aromatic rings. The van der Waals surface area contributed by atoms with E-state index < -0.39 is 5.97 Å². The van der Waals surface area contributed by atoms with E-state index in [0.29, 0.717) is 11.3 Å². The lowest BCUT2D eigenvalue weighted by Gasteiger charge is -2.21. The van der Waals surface area contributed by atoms with E-state index in [-0.39, 0.29) is 17.9 Å². The largest absolute Gasteiger partial charge is 0.465 e. The number of rotatable bonds is 3. The average molecular weight is 290 g/mol. The SMILES string of the molecule is COC(=O)c1ccccc1NC(=O)C1CCCCCC1N. The predicted octanol–water partition coefficient (Wildman–Crippen LogP) is 2.32. The van der Waals surface area contributed by atoms with Crippen molar-refractivity contribution in [2.24, 2.45) is 11.7 Å². The van der Waals surface area contributed by atoms with E-state index in [1.165, 1.54) is 7.11 Å². The molecule has 0 heterocycles. The van der Waals surface area contributed by atoms with Gasteiger partial charge in [0.05, 0.1) is 24.3 Å². The van der Waals surface area contributed by atoms with E-state index in [1.54, 1.807) is 24.3 Å². The number of anilines is 1. The maximum atomic E-state index is 12.5. The number of benzene rings is 1.